The van der Waals surface area contributed by atoms with Gasteiger partial charge in [0.25, 0.3) is 0 Å². The number of nitrogens with zero attached hydrogens (tertiary/aromatic N) is 1. The van der Waals surface area contributed by atoms with Crippen molar-refractivity contribution in [3.8, 4) is 11.3 Å². The molecule has 134 valence electrons. The van der Waals surface area contributed by atoms with Crippen molar-refractivity contribution in [2.24, 2.45) is 5.10 Å². The van der Waals surface area contributed by atoms with Gasteiger partial charge in [0.15, 0.2) is 0 Å². The third-order valence-electron chi connectivity index (χ3n) is 3.42. The minimum atomic E-state index is -4.48. The van der Waals surface area contributed by atoms with Crippen LogP contribution >= 0.6 is 11.6 Å². The number of anilines is 1. The van der Waals surface area contributed by atoms with E-state index in [9.17, 15) is 17.6 Å². The van der Waals surface area contributed by atoms with Gasteiger partial charge in [0.05, 0.1) is 22.5 Å². The first-order valence-electron chi connectivity index (χ1n) is 7.34. The molecule has 1 heterocycles. The zero-order valence-corrected chi connectivity index (χ0v) is 13.8. The largest absolute Gasteiger partial charge is 0.455 e. The summed E-state index contributed by atoms with van der Waals surface area (Å²) in [6.07, 6.45) is -3.14. The Morgan fingerprint density at radius 2 is 1.73 bits per heavy atom. The molecule has 3 nitrogen and oxygen atoms in total. The van der Waals surface area contributed by atoms with Crippen molar-refractivity contribution in [2.45, 2.75) is 6.18 Å². The van der Waals surface area contributed by atoms with Crippen LogP contribution < -0.4 is 5.43 Å². The molecule has 0 fully saturated rings. The van der Waals surface area contributed by atoms with Gasteiger partial charge in [-0.3, -0.25) is 5.43 Å². The van der Waals surface area contributed by atoms with Gasteiger partial charge in [-0.05, 0) is 54.6 Å². The van der Waals surface area contributed by atoms with Gasteiger partial charge in [0, 0.05) is 5.56 Å². The third kappa shape index (κ3) is 4.23. The molecular weight excluding hydrogens is 372 g/mol. The molecule has 0 amide bonds. The van der Waals surface area contributed by atoms with E-state index in [1.165, 1.54) is 42.6 Å². The Kier molecular flexibility index (Phi) is 4.99. The Bertz CT molecular complexity index is 933. The van der Waals surface area contributed by atoms with Crippen LogP contribution in [0.25, 0.3) is 11.3 Å². The number of hydrogen-bond donors (Lipinski definition) is 1. The highest BCUT2D eigenvalue weighted by Crippen LogP contribution is 2.36. The summed E-state index contributed by atoms with van der Waals surface area (Å²) in [7, 11) is 0. The fourth-order valence-corrected chi connectivity index (χ4v) is 2.36. The van der Waals surface area contributed by atoms with Crippen molar-refractivity contribution in [3.05, 3.63) is 76.8 Å². The molecule has 0 aliphatic rings. The summed E-state index contributed by atoms with van der Waals surface area (Å²) >= 11 is 5.98. The van der Waals surface area contributed by atoms with E-state index >= 15 is 0 Å². The van der Waals surface area contributed by atoms with Gasteiger partial charge in [-0.15, -0.1) is 0 Å². The van der Waals surface area contributed by atoms with E-state index in [0.29, 0.717) is 11.4 Å². The first-order chi connectivity index (χ1) is 12.3. The summed E-state index contributed by atoms with van der Waals surface area (Å²) < 4.78 is 56.8. The highest BCUT2D eigenvalue weighted by atomic mass is 35.5. The lowest BCUT2D eigenvalue weighted by Gasteiger charge is -2.09. The van der Waals surface area contributed by atoms with Gasteiger partial charge in [0.2, 0.25) is 0 Å². The van der Waals surface area contributed by atoms with Crippen LogP contribution in [0.15, 0.2) is 64.1 Å². The van der Waals surface area contributed by atoms with Gasteiger partial charge < -0.3 is 4.42 Å². The Hall–Kier alpha value is -2.80. The first-order valence-corrected chi connectivity index (χ1v) is 7.72. The Morgan fingerprint density at radius 1 is 1.00 bits per heavy atom. The molecule has 3 rings (SSSR count). The summed E-state index contributed by atoms with van der Waals surface area (Å²) in [4.78, 5) is 0. The molecule has 0 unspecified atom stereocenters. The normalized spacial score (nSPS) is 11.9. The molecule has 0 spiro atoms. The maximum atomic E-state index is 12.8. The van der Waals surface area contributed by atoms with Crippen LogP contribution in [0.2, 0.25) is 5.02 Å². The predicted octanol–water partition coefficient (Wildman–Crippen LogP) is 6.20. The van der Waals surface area contributed by atoms with Crippen LogP contribution in [0.3, 0.4) is 0 Å². The summed E-state index contributed by atoms with van der Waals surface area (Å²) in [5, 5.41) is 4.06. The maximum Gasteiger partial charge on any atom is 0.416 e. The number of benzene rings is 2. The molecule has 0 aliphatic heterocycles. The summed E-state index contributed by atoms with van der Waals surface area (Å²) in [5.41, 5.74) is 2.56. The van der Waals surface area contributed by atoms with Crippen molar-refractivity contribution in [1.29, 1.82) is 0 Å². The van der Waals surface area contributed by atoms with Crippen molar-refractivity contribution in [1.82, 2.24) is 0 Å². The van der Waals surface area contributed by atoms with Crippen molar-refractivity contribution in [2.75, 3.05) is 5.43 Å². The second-order valence-electron chi connectivity index (χ2n) is 5.27. The number of alkyl halides is 3. The zero-order chi connectivity index (χ0) is 18.7. The van der Waals surface area contributed by atoms with E-state index in [1.54, 1.807) is 6.07 Å². The number of hydrazone groups is 1. The van der Waals surface area contributed by atoms with Crippen LogP contribution in [-0.4, -0.2) is 6.21 Å². The smallest absolute Gasteiger partial charge is 0.416 e. The molecule has 0 bridgehead atoms. The van der Waals surface area contributed by atoms with Gasteiger partial charge in [-0.25, -0.2) is 4.39 Å². The summed E-state index contributed by atoms with van der Waals surface area (Å²) in [5.74, 6) is 0.126. The topological polar surface area (TPSA) is 37.5 Å². The molecule has 0 aliphatic carbocycles. The quantitative estimate of drug-likeness (QED) is 0.331. The summed E-state index contributed by atoms with van der Waals surface area (Å²) in [6.45, 7) is 0. The standard InChI is InChI=1S/C18H11ClF4N2O/c19-16-7-1-11(18(21,22)23)9-15(16)17-8-6-14(26-17)10-24-25-13-4-2-12(20)3-5-13/h1-10,25H/b24-10-. The average Bonchev–Trinajstić information content (AvgIpc) is 3.05. The van der Waals surface area contributed by atoms with E-state index in [1.807, 2.05) is 0 Å². The molecule has 8 heteroatoms. The van der Waals surface area contributed by atoms with E-state index < -0.39 is 11.7 Å². The minimum absolute atomic E-state index is 0.132. The minimum Gasteiger partial charge on any atom is -0.455 e. The lowest BCUT2D eigenvalue weighted by molar-refractivity contribution is -0.137. The molecule has 0 atom stereocenters. The molecule has 0 radical (unpaired) electrons. The molecule has 0 saturated carbocycles. The van der Waals surface area contributed by atoms with Gasteiger partial charge in [0.1, 0.15) is 17.3 Å². The van der Waals surface area contributed by atoms with Gasteiger partial charge in [-0.1, -0.05) is 11.6 Å². The number of furan rings is 1. The Balaban J connectivity index is 1.77. The monoisotopic (exact) mass is 382 g/mol. The fourth-order valence-electron chi connectivity index (χ4n) is 2.15. The number of nitrogens with one attached hydrogen (secondary N) is 1. The average molecular weight is 383 g/mol. The van der Waals surface area contributed by atoms with Crippen molar-refractivity contribution < 1.29 is 22.0 Å². The highest BCUT2D eigenvalue weighted by Gasteiger charge is 2.31. The van der Waals surface area contributed by atoms with Crippen molar-refractivity contribution >= 4 is 23.5 Å². The van der Waals surface area contributed by atoms with E-state index in [4.69, 9.17) is 16.0 Å². The van der Waals surface area contributed by atoms with Crippen molar-refractivity contribution in [3.63, 3.8) is 0 Å². The fraction of sp³-hybridized carbons (Fsp3) is 0.0556. The molecule has 0 saturated heterocycles. The first kappa shape index (κ1) is 18.0. The van der Waals surface area contributed by atoms with Gasteiger partial charge >= 0.3 is 6.18 Å². The van der Waals surface area contributed by atoms with Crippen LogP contribution in [0.5, 0.6) is 0 Å². The summed E-state index contributed by atoms with van der Waals surface area (Å²) in [6, 6.07) is 11.6. The second kappa shape index (κ2) is 7.21. The molecular formula is C18H11ClF4N2O. The Labute approximate surface area is 150 Å². The number of halogens is 5. The zero-order valence-electron chi connectivity index (χ0n) is 13.0. The van der Waals surface area contributed by atoms with Crippen LogP contribution in [0.4, 0.5) is 23.2 Å². The lowest BCUT2D eigenvalue weighted by atomic mass is 10.1. The van der Waals surface area contributed by atoms with Gasteiger partial charge in [-0.2, -0.15) is 18.3 Å². The van der Waals surface area contributed by atoms with Crippen LogP contribution in [0, 0.1) is 5.82 Å². The number of rotatable bonds is 4. The van der Waals surface area contributed by atoms with Crippen LogP contribution in [-0.2, 0) is 6.18 Å². The second-order valence-corrected chi connectivity index (χ2v) is 5.68. The SMILES string of the molecule is Fc1ccc(N/N=C\c2ccc(-c3cc(C(F)(F)F)ccc3Cl)o2)cc1. The van der Waals surface area contributed by atoms with Crippen LogP contribution in [0.1, 0.15) is 11.3 Å². The third-order valence-corrected chi connectivity index (χ3v) is 3.75. The van der Waals surface area contributed by atoms with E-state index in [2.05, 4.69) is 10.5 Å². The predicted molar refractivity (Wildman–Crippen MR) is 91.8 cm³/mol. The maximum absolute atomic E-state index is 12.8. The van der Waals surface area contributed by atoms with E-state index in [-0.39, 0.29) is 22.2 Å². The highest BCUT2D eigenvalue weighted by molar-refractivity contribution is 6.33. The van der Waals surface area contributed by atoms with E-state index in [0.717, 1.165) is 12.1 Å². The number of hydrogen-bond acceptors (Lipinski definition) is 3. The molecule has 3 aromatic rings. The molecule has 1 aromatic heterocycles. The molecule has 2 aromatic carbocycles. The lowest BCUT2D eigenvalue weighted by Crippen LogP contribution is -2.04. The molecule has 1 N–H and O–H groups in total. The molecule has 26 heavy (non-hydrogen) atoms. The Morgan fingerprint density at radius 3 is 2.42 bits per heavy atom.